The molecule has 3 rings (SSSR count). The summed E-state index contributed by atoms with van der Waals surface area (Å²) in [6.07, 6.45) is -4.68. The van der Waals surface area contributed by atoms with Gasteiger partial charge in [-0.3, -0.25) is 9.78 Å². The van der Waals surface area contributed by atoms with Gasteiger partial charge in [0.25, 0.3) is 5.56 Å². The third kappa shape index (κ3) is 3.47. The molecule has 5 N–H and O–H groups in total. The maximum atomic E-state index is 12.2. The molecular formula is C17H20N4O6. The summed E-state index contributed by atoms with van der Waals surface area (Å²) in [6.45, 7) is 2.73. The number of nitrogens with one attached hydrogen (secondary N) is 1. The van der Waals surface area contributed by atoms with Crippen molar-refractivity contribution in [2.75, 3.05) is 6.61 Å². The van der Waals surface area contributed by atoms with Gasteiger partial charge in [-0.1, -0.05) is 0 Å². The van der Waals surface area contributed by atoms with Gasteiger partial charge in [0.05, 0.1) is 24.2 Å². The first-order valence-electron chi connectivity index (χ1n) is 8.29. The number of aliphatic hydroxyl groups is 4. The summed E-state index contributed by atoms with van der Waals surface area (Å²) in [5.74, 6) is -0.0516. The molecule has 1 aromatic rings. The van der Waals surface area contributed by atoms with Crippen LogP contribution in [-0.2, 0) is 6.54 Å². The zero-order chi connectivity index (χ0) is 19.9. The average Bonchev–Trinajstić information content (AvgIpc) is 2.62. The molecule has 0 amide bonds. The summed E-state index contributed by atoms with van der Waals surface area (Å²) in [5.41, 5.74) is 1.11. The summed E-state index contributed by atoms with van der Waals surface area (Å²) in [7, 11) is 0. The van der Waals surface area contributed by atoms with Crippen LogP contribution in [0.3, 0.4) is 0 Å². The van der Waals surface area contributed by atoms with Gasteiger partial charge in [0.1, 0.15) is 18.3 Å². The van der Waals surface area contributed by atoms with Gasteiger partial charge in [0.2, 0.25) is 0 Å². The molecule has 0 spiro atoms. The highest BCUT2D eigenvalue weighted by Crippen LogP contribution is 2.24. The Balaban J connectivity index is 2.28. The number of benzene rings is 1. The van der Waals surface area contributed by atoms with Gasteiger partial charge >= 0.3 is 5.69 Å². The highest BCUT2D eigenvalue weighted by molar-refractivity contribution is 5.81. The first-order valence-corrected chi connectivity index (χ1v) is 8.29. The van der Waals surface area contributed by atoms with Crippen LogP contribution >= 0.6 is 0 Å². The number of hydrogen-bond donors (Lipinski definition) is 5. The number of aryl methyl sites for hydroxylation is 2. The van der Waals surface area contributed by atoms with E-state index in [1.165, 1.54) is 4.57 Å². The predicted octanol–water partition coefficient (Wildman–Crippen LogP) is -1.72. The number of aliphatic hydroxyl groups excluding tert-OH is 4. The number of rotatable bonds is 5. The molecule has 0 saturated heterocycles. The Morgan fingerprint density at radius 1 is 1.07 bits per heavy atom. The molecule has 10 nitrogen and oxygen atoms in total. The number of hydrogen-bond acceptors (Lipinski definition) is 8. The molecule has 27 heavy (non-hydrogen) atoms. The van der Waals surface area contributed by atoms with Crippen molar-refractivity contribution in [3.8, 4) is 11.5 Å². The molecule has 0 saturated carbocycles. The van der Waals surface area contributed by atoms with Crippen LogP contribution in [0.1, 0.15) is 11.1 Å². The smallest absolute Gasteiger partial charge is 0.349 e. The van der Waals surface area contributed by atoms with Gasteiger partial charge in [0, 0.05) is 0 Å². The first-order chi connectivity index (χ1) is 12.7. The van der Waals surface area contributed by atoms with Crippen LogP contribution in [0.5, 0.6) is 0 Å². The lowest BCUT2D eigenvalue weighted by Crippen LogP contribution is -2.42. The van der Waals surface area contributed by atoms with Crippen LogP contribution in [0.25, 0.3) is 22.6 Å². The summed E-state index contributed by atoms with van der Waals surface area (Å²) in [5, 5.41) is 38.8. The molecule has 2 aliphatic rings. The summed E-state index contributed by atoms with van der Waals surface area (Å²) in [4.78, 5) is 34.0. The molecular weight excluding hydrogens is 358 g/mol. The molecule has 0 aliphatic carbocycles. The average molecular weight is 378 g/mol. The number of aromatic nitrogens is 4. The van der Waals surface area contributed by atoms with E-state index in [2.05, 4.69) is 15.0 Å². The normalized spacial score (nSPS) is 15.2. The minimum Gasteiger partial charge on any atom is -0.394 e. The van der Waals surface area contributed by atoms with Gasteiger partial charge in [0.15, 0.2) is 11.5 Å². The highest BCUT2D eigenvalue weighted by Gasteiger charge is 2.27. The van der Waals surface area contributed by atoms with Gasteiger partial charge in [-0.05, 0) is 37.1 Å². The minimum atomic E-state index is -1.64. The van der Waals surface area contributed by atoms with Crippen molar-refractivity contribution in [3.63, 3.8) is 0 Å². The maximum Gasteiger partial charge on any atom is 0.349 e. The van der Waals surface area contributed by atoms with Crippen LogP contribution in [-0.4, -0.2) is 64.9 Å². The Labute approximate surface area is 152 Å². The monoisotopic (exact) mass is 378 g/mol. The van der Waals surface area contributed by atoms with E-state index in [1.807, 2.05) is 13.8 Å². The molecule has 0 bridgehead atoms. The van der Waals surface area contributed by atoms with E-state index in [-0.39, 0.29) is 18.1 Å². The quantitative estimate of drug-likeness (QED) is 0.327. The molecule has 3 atom stereocenters. The molecule has 0 aromatic heterocycles. The van der Waals surface area contributed by atoms with E-state index in [4.69, 9.17) is 5.11 Å². The minimum absolute atomic E-state index is 0.0516. The van der Waals surface area contributed by atoms with Crippen LogP contribution < -0.4 is 11.2 Å². The van der Waals surface area contributed by atoms with Crippen molar-refractivity contribution in [3.05, 3.63) is 44.1 Å². The fourth-order valence-electron chi connectivity index (χ4n) is 2.89. The number of fused-ring (bicyclic) bond motifs is 2. The van der Waals surface area contributed by atoms with E-state index in [1.54, 1.807) is 12.1 Å². The second-order valence-corrected chi connectivity index (χ2v) is 6.50. The molecule has 2 heterocycles. The Bertz CT molecular complexity index is 1080. The molecule has 0 unspecified atom stereocenters. The Morgan fingerprint density at radius 2 is 1.74 bits per heavy atom. The van der Waals surface area contributed by atoms with Crippen molar-refractivity contribution >= 4 is 11.0 Å². The topological polar surface area (TPSA) is 162 Å². The van der Waals surface area contributed by atoms with E-state index in [0.717, 1.165) is 11.1 Å². The zero-order valence-corrected chi connectivity index (χ0v) is 14.7. The van der Waals surface area contributed by atoms with Gasteiger partial charge in [-0.25, -0.2) is 9.78 Å². The molecule has 0 radical (unpaired) electrons. The third-order valence-electron chi connectivity index (χ3n) is 4.57. The summed E-state index contributed by atoms with van der Waals surface area (Å²) < 4.78 is 1.40. The number of H-pyrrole nitrogens is 1. The molecule has 2 aliphatic heterocycles. The molecule has 144 valence electrons. The summed E-state index contributed by atoms with van der Waals surface area (Å²) in [6, 6.07) is 3.53. The van der Waals surface area contributed by atoms with E-state index in [0.29, 0.717) is 11.0 Å². The van der Waals surface area contributed by atoms with Crippen molar-refractivity contribution in [2.24, 2.45) is 0 Å². The van der Waals surface area contributed by atoms with Gasteiger partial charge in [-0.2, -0.15) is 4.98 Å². The largest absolute Gasteiger partial charge is 0.394 e. The zero-order valence-electron chi connectivity index (χ0n) is 14.7. The lowest BCUT2D eigenvalue weighted by molar-refractivity contribution is -0.0802. The van der Waals surface area contributed by atoms with Crippen LogP contribution in [0, 0.1) is 13.8 Å². The van der Waals surface area contributed by atoms with Crippen molar-refractivity contribution in [2.45, 2.75) is 38.7 Å². The molecule has 10 heteroatoms. The first kappa shape index (κ1) is 19.1. The predicted molar refractivity (Wildman–Crippen MR) is 95.6 cm³/mol. The Hall–Kier alpha value is -2.66. The van der Waals surface area contributed by atoms with Crippen LogP contribution in [0.15, 0.2) is 21.7 Å². The van der Waals surface area contributed by atoms with Gasteiger partial charge in [-0.15, -0.1) is 0 Å². The highest BCUT2D eigenvalue weighted by atomic mass is 16.4. The van der Waals surface area contributed by atoms with Gasteiger partial charge < -0.3 is 25.0 Å². The number of aromatic amines is 1. The van der Waals surface area contributed by atoms with Crippen LogP contribution in [0.2, 0.25) is 0 Å². The van der Waals surface area contributed by atoms with Crippen molar-refractivity contribution in [1.82, 2.24) is 19.5 Å². The lowest BCUT2D eigenvalue weighted by Gasteiger charge is -2.25. The Kier molecular flexibility index (Phi) is 5.07. The molecule has 1 aromatic carbocycles. The molecule has 0 fully saturated rings. The SMILES string of the molecule is Cc1c[13c]2nc3c(=O)[nH]c(=O)nc-3n(C[C@@H](O)[C@@H](O)[C@@H](O)CO)c2c[13c]1C. The maximum absolute atomic E-state index is 12.2. The van der Waals surface area contributed by atoms with E-state index >= 15 is 0 Å². The fourth-order valence-corrected chi connectivity index (χ4v) is 2.89. The summed E-state index contributed by atoms with van der Waals surface area (Å²) >= 11 is 0. The number of nitrogens with zero attached hydrogens (tertiary/aromatic N) is 3. The second-order valence-electron chi connectivity index (χ2n) is 6.50. The van der Waals surface area contributed by atoms with Crippen molar-refractivity contribution < 1.29 is 20.4 Å². The third-order valence-corrected chi connectivity index (χ3v) is 4.57. The van der Waals surface area contributed by atoms with Crippen molar-refractivity contribution in [1.29, 1.82) is 0 Å². The lowest BCUT2D eigenvalue weighted by atomic mass is 10.1. The van der Waals surface area contributed by atoms with E-state index in [9.17, 15) is 24.9 Å². The standard InChI is InChI=1S/C17H20N4O6/c1-7-3-9-10(4-8(7)2)21(5-11(23)14(25)12(24)6-22)15-13(18-9)16(26)20-17(27)19-15/h3-4,11-12,14,22-25H,5-6H2,1-2H3,(H,20,26,27)/t11-,12+,14-/m1/s1/i8+1,9+1. The Morgan fingerprint density at radius 3 is 2.41 bits per heavy atom. The fraction of sp³-hybridized carbons (Fsp3) is 0.412. The van der Waals surface area contributed by atoms with Crippen LogP contribution in [0.4, 0.5) is 0 Å². The second kappa shape index (κ2) is 7.16. The van der Waals surface area contributed by atoms with E-state index < -0.39 is 36.2 Å².